The van der Waals surface area contributed by atoms with Crippen LogP contribution in [0.2, 0.25) is 0 Å². The number of carbonyl (C=O) groups excluding carboxylic acids is 2. The Morgan fingerprint density at radius 3 is 2.44 bits per heavy atom. The number of piperidine rings is 1. The summed E-state index contributed by atoms with van der Waals surface area (Å²) < 4.78 is 17.1. The predicted octanol–water partition coefficient (Wildman–Crippen LogP) is 4.33. The van der Waals surface area contributed by atoms with Gasteiger partial charge < -0.3 is 19.1 Å². The van der Waals surface area contributed by atoms with Gasteiger partial charge in [-0.3, -0.25) is 14.8 Å². The van der Waals surface area contributed by atoms with Crippen LogP contribution >= 0.6 is 0 Å². The third-order valence-corrected chi connectivity index (χ3v) is 7.33. The summed E-state index contributed by atoms with van der Waals surface area (Å²) in [5, 5.41) is 7.53. The minimum absolute atomic E-state index is 0.0490. The SMILES string of the molecule is COCC1=C(C(=O)OC(C)C)c2n[nH]c(C)c2C(C)(C)CN1C(=O)c1ccc(OCCN2CCCCC2)cc1. The molecule has 1 N–H and O–H groups in total. The minimum atomic E-state index is -0.530. The Labute approximate surface area is 231 Å². The Morgan fingerprint density at radius 1 is 1.10 bits per heavy atom. The second kappa shape index (κ2) is 12.3. The lowest BCUT2D eigenvalue weighted by Gasteiger charge is -2.32. The Balaban J connectivity index is 1.62. The average molecular weight is 539 g/mol. The number of fused-ring (bicyclic) bond motifs is 1. The molecule has 4 rings (SSSR count). The van der Waals surface area contributed by atoms with Gasteiger partial charge in [0, 0.05) is 42.4 Å². The Kier molecular flexibility index (Phi) is 9.12. The summed E-state index contributed by atoms with van der Waals surface area (Å²) in [7, 11) is 1.55. The molecular weight excluding hydrogens is 496 g/mol. The first-order valence-corrected chi connectivity index (χ1v) is 13.9. The molecule has 0 unspecified atom stereocenters. The molecule has 0 bridgehead atoms. The molecule has 1 aromatic carbocycles. The van der Waals surface area contributed by atoms with Crippen molar-refractivity contribution in [2.45, 2.75) is 65.4 Å². The molecule has 1 aromatic heterocycles. The van der Waals surface area contributed by atoms with E-state index in [0.29, 0.717) is 30.1 Å². The van der Waals surface area contributed by atoms with E-state index in [1.165, 1.54) is 19.3 Å². The number of H-pyrrole nitrogens is 1. The maximum Gasteiger partial charge on any atom is 0.342 e. The zero-order valence-corrected chi connectivity index (χ0v) is 24.1. The van der Waals surface area contributed by atoms with Gasteiger partial charge in [-0.1, -0.05) is 20.3 Å². The molecule has 39 heavy (non-hydrogen) atoms. The van der Waals surface area contributed by atoms with Crippen LogP contribution in [0.4, 0.5) is 0 Å². The highest BCUT2D eigenvalue weighted by molar-refractivity contribution is 6.18. The van der Waals surface area contributed by atoms with Gasteiger partial charge in [-0.2, -0.15) is 5.10 Å². The molecule has 1 amide bonds. The second-order valence-corrected chi connectivity index (χ2v) is 11.3. The number of hydrogen-bond acceptors (Lipinski definition) is 7. The van der Waals surface area contributed by atoms with Crippen LogP contribution < -0.4 is 4.74 Å². The molecule has 0 aliphatic carbocycles. The van der Waals surface area contributed by atoms with E-state index in [1.807, 2.05) is 19.1 Å². The lowest BCUT2D eigenvalue weighted by molar-refractivity contribution is -0.140. The van der Waals surface area contributed by atoms with Crippen molar-refractivity contribution in [3.8, 4) is 5.75 Å². The van der Waals surface area contributed by atoms with Gasteiger partial charge in [-0.15, -0.1) is 0 Å². The third kappa shape index (κ3) is 6.53. The van der Waals surface area contributed by atoms with Crippen molar-refractivity contribution in [1.82, 2.24) is 20.0 Å². The number of likely N-dealkylation sites (tertiary alicyclic amines) is 1. The number of aryl methyl sites for hydroxylation is 1. The van der Waals surface area contributed by atoms with Crippen molar-refractivity contribution in [3.63, 3.8) is 0 Å². The van der Waals surface area contributed by atoms with Gasteiger partial charge in [0.2, 0.25) is 0 Å². The van der Waals surface area contributed by atoms with E-state index >= 15 is 0 Å². The van der Waals surface area contributed by atoms with E-state index in [2.05, 4.69) is 28.9 Å². The lowest BCUT2D eigenvalue weighted by atomic mass is 9.82. The highest BCUT2D eigenvalue weighted by atomic mass is 16.5. The smallest absolute Gasteiger partial charge is 0.342 e. The number of hydrogen-bond donors (Lipinski definition) is 1. The quantitative estimate of drug-likeness (QED) is 0.475. The monoisotopic (exact) mass is 538 g/mol. The molecule has 2 aliphatic rings. The average Bonchev–Trinajstić information content (AvgIpc) is 3.24. The molecule has 1 saturated heterocycles. The number of esters is 1. The number of carbonyl (C=O) groups is 2. The highest BCUT2D eigenvalue weighted by Crippen LogP contribution is 2.40. The number of ether oxygens (including phenoxy) is 3. The number of aromatic amines is 1. The number of benzene rings is 1. The number of aromatic nitrogens is 2. The summed E-state index contributed by atoms with van der Waals surface area (Å²) in [6, 6.07) is 7.21. The molecule has 212 valence electrons. The minimum Gasteiger partial charge on any atom is -0.492 e. The Hall–Kier alpha value is -3.17. The van der Waals surface area contributed by atoms with Gasteiger partial charge in [-0.25, -0.2) is 4.79 Å². The fourth-order valence-electron chi connectivity index (χ4n) is 5.57. The maximum absolute atomic E-state index is 14.0. The summed E-state index contributed by atoms with van der Waals surface area (Å²) in [5.74, 6) is -0.0290. The first-order chi connectivity index (χ1) is 18.6. The van der Waals surface area contributed by atoms with Crippen LogP contribution in [-0.2, 0) is 19.7 Å². The van der Waals surface area contributed by atoms with Crippen LogP contribution in [0, 0.1) is 6.92 Å². The molecule has 2 aromatic rings. The molecule has 0 spiro atoms. The van der Waals surface area contributed by atoms with Crippen molar-refractivity contribution in [3.05, 3.63) is 52.5 Å². The van der Waals surface area contributed by atoms with E-state index in [9.17, 15) is 9.59 Å². The molecule has 1 fully saturated rings. The third-order valence-electron chi connectivity index (χ3n) is 7.33. The standard InChI is InChI=1S/C30H42N4O5/c1-20(2)39-29(36)25-24(18-37-6)34(19-30(4,5)26-21(3)31-32-27(25)26)28(35)22-10-12-23(13-11-22)38-17-16-33-14-8-7-9-15-33/h10-13,20H,7-9,14-19H2,1-6H3,(H,31,32). The maximum atomic E-state index is 14.0. The van der Waals surface area contributed by atoms with Crippen molar-refractivity contribution >= 4 is 17.4 Å². The number of amides is 1. The summed E-state index contributed by atoms with van der Waals surface area (Å²) in [6.45, 7) is 13.8. The van der Waals surface area contributed by atoms with E-state index < -0.39 is 11.4 Å². The molecule has 0 atom stereocenters. The Bertz CT molecular complexity index is 1190. The van der Waals surface area contributed by atoms with E-state index in [0.717, 1.165) is 36.6 Å². The highest BCUT2D eigenvalue weighted by Gasteiger charge is 2.41. The summed E-state index contributed by atoms with van der Waals surface area (Å²) in [6.07, 6.45) is 3.48. The summed E-state index contributed by atoms with van der Waals surface area (Å²) >= 11 is 0. The van der Waals surface area contributed by atoms with Crippen molar-refractivity contribution in [2.75, 3.05) is 46.5 Å². The van der Waals surface area contributed by atoms with E-state index in [4.69, 9.17) is 14.2 Å². The van der Waals surface area contributed by atoms with Gasteiger partial charge >= 0.3 is 5.97 Å². The van der Waals surface area contributed by atoms with Gasteiger partial charge in [0.05, 0.1) is 18.4 Å². The first kappa shape index (κ1) is 28.8. The van der Waals surface area contributed by atoms with Crippen LogP contribution in [0.25, 0.3) is 5.57 Å². The van der Waals surface area contributed by atoms with E-state index in [1.54, 1.807) is 38.0 Å². The van der Waals surface area contributed by atoms with Gasteiger partial charge in [-0.05, 0) is 71.0 Å². The molecule has 9 heteroatoms. The normalized spacial score (nSPS) is 17.7. The molecule has 2 aliphatic heterocycles. The first-order valence-electron chi connectivity index (χ1n) is 13.9. The van der Waals surface area contributed by atoms with Gasteiger partial charge in [0.15, 0.2) is 0 Å². The van der Waals surface area contributed by atoms with Crippen molar-refractivity contribution < 1.29 is 23.8 Å². The lowest BCUT2D eigenvalue weighted by Crippen LogP contribution is -2.41. The summed E-state index contributed by atoms with van der Waals surface area (Å²) in [5.41, 5.74) is 2.93. The number of methoxy groups -OCH3 is 1. The number of nitrogens with zero attached hydrogens (tertiary/aromatic N) is 3. The molecular formula is C30H42N4O5. The number of rotatable bonds is 9. The van der Waals surface area contributed by atoms with Crippen LogP contribution in [0.3, 0.4) is 0 Å². The van der Waals surface area contributed by atoms with E-state index in [-0.39, 0.29) is 24.2 Å². The van der Waals surface area contributed by atoms with Crippen LogP contribution in [0.5, 0.6) is 5.75 Å². The second-order valence-electron chi connectivity index (χ2n) is 11.3. The topological polar surface area (TPSA) is 97.0 Å². The largest absolute Gasteiger partial charge is 0.492 e. The fraction of sp³-hybridized carbons (Fsp3) is 0.567. The molecule has 0 radical (unpaired) electrons. The number of nitrogens with one attached hydrogen (secondary N) is 1. The van der Waals surface area contributed by atoms with Gasteiger partial charge in [0.1, 0.15) is 23.6 Å². The fourth-order valence-corrected chi connectivity index (χ4v) is 5.57. The molecule has 0 saturated carbocycles. The van der Waals surface area contributed by atoms with Crippen LogP contribution in [0.15, 0.2) is 30.0 Å². The predicted molar refractivity (Wildman–Crippen MR) is 150 cm³/mol. The Morgan fingerprint density at radius 2 is 1.79 bits per heavy atom. The van der Waals surface area contributed by atoms with Crippen molar-refractivity contribution in [1.29, 1.82) is 0 Å². The zero-order valence-electron chi connectivity index (χ0n) is 24.1. The van der Waals surface area contributed by atoms with Crippen LogP contribution in [0.1, 0.15) is 74.3 Å². The molecule has 9 nitrogen and oxygen atoms in total. The van der Waals surface area contributed by atoms with Crippen LogP contribution in [-0.4, -0.2) is 84.5 Å². The molecule has 3 heterocycles. The zero-order chi connectivity index (χ0) is 28.2. The van der Waals surface area contributed by atoms with Gasteiger partial charge in [0.25, 0.3) is 5.91 Å². The summed E-state index contributed by atoms with van der Waals surface area (Å²) in [4.78, 5) is 31.5. The van der Waals surface area contributed by atoms with Crippen molar-refractivity contribution in [2.24, 2.45) is 0 Å².